The molecule has 1 aromatic rings. The van der Waals surface area contributed by atoms with Gasteiger partial charge in [0.15, 0.2) is 0 Å². The molecule has 3 N–H and O–H groups in total. The number of nitrogen functional groups attached to an aromatic ring is 1. The van der Waals surface area contributed by atoms with Crippen molar-refractivity contribution in [3.05, 3.63) is 12.1 Å². The topological polar surface area (TPSA) is 63.4 Å². The Morgan fingerprint density at radius 1 is 1.21 bits per heavy atom. The summed E-state index contributed by atoms with van der Waals surface area (Å²) < 4.78 is 5.77. The molecule has 1 saturated heterocycles. The van der Waals surface area contributed by atoms with Gasteiger partial charge < -0.3 is 15.9 Å². The van der Waals surface area contributed by atoms with Gasteiger partial charge in [0.25, 0.3) is 0 Å². The van der Waals surface area contributed by atoms with Crippen molar-refractivity contribution in [2.75, 3.05) is 24.2 Å². The van der Waals surface area contributed by atoms with E-state index < -0.39 is 0 Å². The van der Waals surface area contributed by atoms with Crippen LogP contribution in [0.3, 0.4) is 0 Å². The van der Waals surface area contributed by atoms with Crippen molar-refractivity contribution >= 4 is 11.5 Å². The Bertz CT molecular complexity index is 422. The fraction of sp³-hybridized carbons (Fsp3) is 0.643. The van der Waals surface area contributed by atoms with Crippen molar-refractivity contribution in [1.82, 2.24) is 9.99 Å². The van der Waals surface area contributed by atoms with E-state index in [4.69, 9.17) is 10.5 Å². The average Bonchev–Trinajstić information content (AvgIpc) is 2.33. The van der Waals surface area contributed by atoms with Gasteiger partial charge in [-0.05, 0) is 45.7 Å². The lowest BCUT2D eigenvalue weighted by atomic mass is 10.2. The number of hydrogen-bond acceptors (Lipinski definition) is 5. The molecule has 5 heteroatoms. The molecule has 0 spiro atoms. The normalized spacial score (nSPS) is 17.2. The smallest absolute Gasteiger partial charge is 0.239 e. The van der Waals surface area contributed by atoms with Gasteiger partial charge in [-0.2, -0.15) is 4.98 Å². The van der Waals surface area contributed by atoms with Crippen LogP contribution >= 0.6 is 0 Å². The SMILES string of the molecule is CC(C)(C)Oc1nc(NN2CCCCC2)ccc1N. The van der Waals surface area contributed by atoms with Crippen LogP contribution in [0.5, 0.6) is 5.88 Å². The van der Waals surface area contributed by atoms with Crippen LogP contribution in [0, 0.1) is 0 Å². The number of aromatic nitrogens is 1. The summed E-state index contributed by atoms with van der Waals surface area (Å²) in [5, 5.41) is 2.20. The van der Waals surface area contributed by atoms with Gasteiger partial charge in [0.05, 0.1) is 5.69 Å². The molecule has 0 bridgehead atoms. The first-order valence-corrected chi connectivity index (χ1v) is 6.91. The Kier molecular flexibility index (Phi) is 4.14. The number of piperidine rings is 1. The minimum Gasteiger partial charge on any atom is -0.470 e. The second-order valence-electron chi connectivity index (χ2n) is 5.96. The lowest BCUT2D eigenvalue weighted by Crippen LogP contribution is -2.35. The maximum Gasteiger partial charge on any atom is 0.239 e. The lowest BCUT2D eigenvalue weighted by molar-refractivity contribution is 0.125. The summed E-state index contributed by atoms with van der Waals surface area (Å²) in [5.74, 6) is 1.28. The van der Waals surface area contributed by atoms with Crippen LogP contribution in [0.1, 0.15) is 40.0 Å². The van der Waals surface area contributed by atoms with E-state index in [-0.39, 0.29) is 5.60 Å². The van der Waals surface area contributed by atoms with Crippen LogP contribution in [0.4, 0.5) is 11.5 Å². The highest BCUT2D eigenvalue weighted by atomic mass is 16.5. The van der Waals surface area contributed by atoms with E-state index in [0.29, 0.717) is 11.6 Å². The largest absolute Gasteiger partial charge is 0.470 e. The van der Waals surface area contributed by atoms with Crippen molar-refractivity contribution < 1.29 is 4.74 Å². The van der Waals surface area contributed by atoms with Crippen molar-refractivity contribution in [2.45, 2.75) is 45.6 Å². The molecule has 1 aliphatic rings. The van der Waals surface area contributed by atoms with E-state index in [9.17, 15) is 0 Å². The molecule has 1 aliphatic heterocycles. The van der Waals surface area contributed by atoms with Gasteiger partial charge in [-0.1, -0.05) is 6.42 Å². The predicted molar refractivity (Wildman–Crippen MR) is 78.1 cm³/mol. The number of hydrogen-bond donors (Lipinski definition) is 2. The second-order valence-corrected chi connectivity index (χ2v) is 5.96. The highest BCUT2D eigenvalue weighted by Crippen LogP contribution is 2.25. The van der Waals surface area contributed by atoms with Gasteiger partial charge in [0, 0.05) is 13.1 Å². The van der Waals surface area contributed by atoms with Gasteiger partial charge in [0.1, 0.15) is 11.4 Å². The number of nitrogens with zero attached hydrogens (tertiary/aromatic N) is 2. The maximum absolute atomic E-state index is 5.90. The highest BCUT2D eigenvalue weighted by molar-refractivity contribution is 5.53. The first-order chi connectivity index (χ1) is 8.94. The highest BCUT2D eigenvalue weighted by Gasteiger charge is 2.16. The molecule has 19 heavy (non-hydrogen) atoms. The molecule has 1 fully saturated rings. The number of nitrogens with one attached hydrogen (secondary N) is 1. The third-order valence-electron chi connectivity index (χ3n) is 2.92. The van der Waals surface area contributed by atoms with Crippen LogP contribution in [0.25, 0.3) is 0 Å². The van der Waals surface area contributed by atoms with E-state index in [2.05, 4.69) is 15.4 Å². The van der Waals surface area contributed by atoms with Crippen LogP contribution < -0.4 is 15.9 Å². The van der Waals surface area contributed by atoms with E-state index in [1.165, 1.54) is 19.3 Å². The Morgan fingerprint density at radius 2 is 1.89 bits per heavy atom. The number of anilines is 2. The molecular weight excluding hydrogens is 240 g/mol. The molecule has 1 aromatic heterocycles. The second kappa shape index (κ2) is 5.65. The average molecular weight is 264 g/mol. The van der Waals surface area contributed by atoms with E-state index in [1.54, 1.807) is 0 Å². The summed E-state index contributed by atoms with van der Waals surface area (Å²) >= 11 is 0. The molecule has 0 amide bonds. The summed E-state index contributed by atoms with van der Waals surface area (Å²) in [7, 11) is 0. The Hall–Kier alpha value is -1.49. The Balaban J connectivity index is 2.07. The van der Waals surface area contributed by atoms with E-state index in [1.807, 2.05) is 32.9 Å². The first kappa shape index (κ1) is 13.9. The molecule has 5 nitrogen and oxygen atoms in total. The van der Waals surface area contributed by atoms with Crippen molar-refractivity contribution in [2.24, 2.45) is 0 Å². The predicted octanol–water partition coefficient (Wildman–Crippen LogP) is 2.65. The lowest BCUT2D eigenvalue weighted by Gasteiger charge is -2.28. The minimum absolute atomic E-state index is 0.301. The molecule has 106 valence electrons. The zero-order valence-electron chi connectivity index (χ0n) is 12.1. The summed E-state index contributed by atoms with van der Waals surface area (Å²) in [5.41, 5.74) is 9.49. The molecule has 0 saturated carbocycles. The van der Waals surface area contributed by atoms with Gasteiger partial charge in [0.2, 0.25) is 5.88 Å². The minimum atomic E-state index is -0.301. The zero-order chi connectivity index (χ0) is 13.9. The number of nitrogens with two attached hydrogens (primary N) is 1. The van der Waals surface area contributed by atoms with Crippen molar-refractivity contribution in [3.63, 3.8) is 0 Å². The quantitative estimate of drug-likeness (QED) is 0.878. The summed E-state index contributed by atoms with van der Waals surface area (Å²) in [6.07, 6.45) is 3.77. The van der Waals surface area contributed by atoms with E-state index >= 15 is 0 Å². The van der Waals surface area contributed by atoms with Gasteiger partial charge >= 0.3 is 0 Å². The third kappa shape index (κ3) is 4.28. The molecule has 2 rings (SSSR count). The maximum atomic E-state index is 5.90. The fourth-order valence-electron chi connectivity index (χ4n) is 2.05. The van der Waals surface area contributed by atoms with Gasteiger partial charge in [-0.25, -0.2) is 5.01 Å². The van der Waals surface area contributed by atoms with E-state index in [0.717, 1.165) is 18.9 Å². The zero-order valence-corrected chi connectivity index (χ0v) is 12.1. The monoisotopic (exact) mass is 264 g/mol. The Labute approximate surface area is 115 Å². The van der Waals surface area contributed by atoms with Gasteiger partial charge in [-0.3, -0.25) is 0 Å². The molecular formula is C14H24N4O. The molecule has 0 aliphatic carbocycles. The van der Waals surface area contributed by atoms with Crippen molar-refractivity contribution in [1.29, 1.82) is 0 Å². The molecule has 2 heterocycles. The molecule has 0 unspecified atom stereocenters. The van der Waals surface area contributed by atoms with Crippen molar-refractivity contribution in [3.8, 4) is 5.88 Å². The molecule has 0 radical (unpaired) electrons. The van der Waals surface area contributed by atoms with Crippen LogP contribution in [-0.4, -0.2) is 28.7 Å². The third-order valence-corrected chi connectivity index (χ3v) is 2.92. The van der Waals surface area contributed by atoms with Crippen LogP contribution in [0.2, 0.25) is 0 Å². The summed E-state index contributed by atoms with van der Waals surface area (Å²) in [6, 6.07) is 3.72. The Morgan fingerprint density at radius 3 is 2.53 bits per heavy atom. The molecule has 0 aromatic carbocycles. The first-order valence-electron chi connectivity index (χ1n) is 6.91. The number of hydrazine groups is 1. The van der Waals surface area contributed by atoms with Gasteiger partial charge in [-0.15, -0.1) is 0 Å². The fourth-order valence-corrected chi connectivity index (χ4v) is 2.05. The van der Waals surface area contributed by atoms with Crippen LogP contribution in [0.15, 0.2) is 12.1 Å². The molecule has 0 atom stereocenters. The summed E-state index contributed by atoms with van der Waals surface area (Å²) in [6.45, 7) is 8.07. The number of ether oxygens (including phenoxy) is 1. The number of rotatable bonds is 3. The standard InChI is InChI=1S/C14H24N4O/c1-14(2,3)19-13-11(15)7-8-12(16-13)17-18-9-5-4-6-10-18/h7-8H,4-6,9-10,15H2,1-3H3,(H,16,17). The number of pyridine rings is 1. The van der Waals surface area contributed by atoms with Crippen LogP contribution in [-0.2, 0) is 0 Å². The summed E-state index contributed by atoms with van der Waals surface area (Å²) in [4.78, 5) is 4.45.